The number of carbonyl (C=O) groups is 2. The SMILES string of the molecule is CCOCN1C(C)=C(C(=O)O)C(c2ccc([N+](=O)[O-])s2)C(C(=O)O)=C1C. The van der Waals surface area contributed by atoms with Crippen LogP contribution in [0.4, 0.5) is 5.00 Å². The molecule has 0 saturated carbocycles. The molecule has 26 heavy (non-hydrogen) atoms. The Morgan fingerprint density at radius 2 is 1.77 bits per heavy atom. The van der Waals surface area contributed by atoms with Crippen LogP contribution in [0, 0.1) is 10.1 Å². The Kier molecular flexibility index (Phi) is 5.78. The molecule has 2 heterocycles. The molecule has 0 bridgehead atoms. The molecule has 0 saturated heterocycles. The molecule has 140 valence electrons. The molecule has 0 atom stereocenters. The monoisotopic (exact) mass is 382 g/mol. The third-order valence-corrected chi connectivity index (χ3v) is 5.23. The van der Waals surface area contributed by atoms with Crippen LogP contribution in [0.25, 0.3) is 0 Å². The van der Waals surface area contributed by atoms with Crippen LogP contribution in [0.5, 0.6) is 0 Å². The Balaban J connectivity index is 2.68. The fourth-order valence-corrected chi connectivity index (χ4v) is 3.86. The average molecular weight is 382 g/mol. The first-order valence-electron chi connectivity index (χ1n) is 7.68. The summed E-state index contributed by atoms with van der Waals surface area (Å²) in [5, 5.41) is 30.2. The highest BCUT2D eigenvalue weighted by Crippen LogP contribution is 2.45. The number of hydrogen-bond acceptors (Lipinski definition) is 7. The van der Waals surface area contributed by atoms with E-state index in [0.29, 0.717) is 22.9 Å². The van der Waals surface area contributed by atoms with E-state index in [-0.39, 0.29) is 22.9 Å². The van der Waals surface area contributed by atoms with E-state index in [0.717, 1.165) is 11.3 Å². The first kappa shape index (κ1) is 19.6. The normalized spacial score (nSPS) is 15.6. The van der Waals surface area contributed by atoms with Gasteiger partial charge >= 0.3 is 16.9 Å². The van der Waals surface area contributed by atoms with Crippen LogP contribution in [0.15, 0.2) is 34.7 Å². The van der Waals surface area contributed by atoms with E-state index >= 15 is 0 Å². The van der Waals surface area contributed by atoms with E-state index in [1.807, 2.05) is 0 Å². The van der Waals surface area contributed by atoms with Crippen molar-refractivity contribution in [2.24, 2.45) is 0 Å². The average Bonchev–Trinajstić information content (AvgIpc) is 3.03. The van der Waals surface area contributed by atoms with Gasteiger partial charge in [0.25, 0.3) is 0 Å². The lowest BCUT2D eigenvalue weighted by Crippen LogP contribution is -2.35. The molecule has 0 unspecified atom stereocenters. The molecule has 0 fully saturated rings. The number of nitrogens with zero attached hydrogens (tertiary/aromatic N) is 2. The Morgan fingerprint density at radius 1 is 1.23 bits per heavy atom. The first-order chi connectivity index (χ1) is 12.2. The van der Waals surface area contributed by atoms with Crippen LogP contribution in [-0.2, 0) is 14.3 Å². The molecule has 0 spiro atoms. The van der Waals surface area contributed by atoms with Gasteiger partial charge in [-0.15, -0.1) is 0 Å². The summed E-state index contributed by atoms with van der Waals surface area (Å²) < 4.78 is 5.33. The second kappa shape index (κ2) is 7.67. The van der Waals surface area contributed by atoms with E-state index in [2.05, 4.69) is 0 Å². The maximum atomic E-state index is 11.9. The van der Waals surface area contributed by atoms with Crippen LogP contribution in [0.2, 0.25) is 0 Å². The molecule has 10 heteroatoms. The van der Waals surface area contributed by atoms with Gasteiger partial charge in [-0.25, -0.2) is 9.59 Å². The lowest BCUT2D eigenvalue weighted by Gasteiger charge is -2.36. The number of carboxylic acid groups (broad SMARTS) is 2. The van der Waals surface area contributed by atoms with Crippen molar-refractivity contribution in [1.82, 2.24) is 4.90 Å². The summed E-state index contributed by atoms with van der Waals surface area (Å²) in [6.45, 7) is 5.30. The Hall–Kier alpha value is -2.72. The minimum Gasteiger partial charge on any atom is -0.478 e. The van der Waals surface area contributed by atoms with Crippen molar-refractivity contribution in [3.63, 3.8) is 0 Å². The quantitative estimate of drug-likeness (QED) is 0.544. The van der Waals surface area contributed by atoms with Crippen molar-refractivity contribution in [3.05, 3.63) is 49.7 Å². The highest BCUT2D eigenvalue weighted by atomic mass is 32.1. The first-order valence-corrected chi connectivity index (χ1v) is 8.49. The molecular formula is C16H18N2O7S. The molecule has 0 radical (unpaired) electrons. The minimum absolute atomic E-state index is 0.0129. The summed E-state index contributed by atoms with van der Waals surface area (Å²) in [5.74, 6) is -3.66. The minimum atomic E-state index is -1.28. The van der Waals surface area contributed by atoms with Gasteiger partial charge < -0.3 is 19.8 Å². The predicted octanol–water partition coefficient (Wildman–Crippen LogP) is 2.77. The van der Waals surface area contributed by atoms with Gasteiger partial charge in [-0.1, -0.05) is 11.3 Å². The zero-order chi connectivity index (χ0) is 19.6. The maximum Gasteiger partial charge on any atom is 0.334 e. The van der Waals surface area contributed by atoms with E-state index in [1.54, 1.807) is 20.8 Å². The van der Waals surface area contributed by atoms with Crippen molar-refractivity contribution in [2.45, 2.75) is 26.7 Å². The molecule has 2 rings (SSSR count). The van der Waals surface area contributed by atoms with Crippen LogP contribution < -0.4 is 0 Å². The Labute approximate surface area is 153 Å². The lowest BCUT2D eigenvalue weighted by molar-refractivity contribution is -0.380. The molecule has 0 aliphatic carbocycles. The summed E-state index contributed by atoms with van der Waals surface area (Å²) in [6, 6.07) is 2.65. The van der Waals surface area contributed by atoms with Crippen molar-refractivity contribution in [3.8, 4) is 0 Å². The molecule has 1 aromatic heterocycles. The van der Waals surface area contributed by atoms with E-state index in [1.165, 1.54) is 17.0 Å². The smallest absolute Gasteiger partial charge is 0.334 e. The van der Waals surface area contributed by atoms with Gasteiger partial charge in [0.15, 0.2) is 0 Å². The zero-order valence-corrected chi connectivity index (χ0v) is 15.2. The Morgan fingerprint density at radius 3 is 2.15 bits per heavy atom. The molecule has 9 nitrogen and oxygen atoms in total. The predicted molar refractivity (Wildman–Crippen MR) is 92.7 cm³/mol. The van der Waals surface area contributed by atoms with Gasteiger partial charge in [0.1, 0.15) is 6.73 Å². The van der Waals surface area contributed by atoms with E-state index in [4.69, 9.17) is 4.74 Å². The fraction of sp³-hybridized carbons (Fsp3) is 0.375. The van der Waals surface area contributed by atoms with Gasteiger partial charge in [-0.2, -0.15) is 0 Å². The fourth-order valence-electron chi connectivity index (χ4n) is 2.92. The number of rotatable bonds is 7. The molecule has 2 N–H and O–H groups in total. The van der Waals surface area contributed by atoms with Crippen LogP contribution in [0.3, 0.4) is 0 Å². The number of ether oxygens (including phenoxy) is 1. The number of aliphatic carboxylic acids is 2. The summed E-state index contributed by atoms with van der Waals surface area (Å²) in [5.41, 5.74) is 0.415. The van der Waals surface area contributed by atoms with Crippen molar-refractivity contribution >= 4 is 28.3 Å². The summed E-state index contributed by atoms with van der Waals surface area (Å²) in [4.78, 5) is 36.0. The third kappa shape index (κ3) is 3.46. The van der Waals surface area contributed by atoms with Crippen molar-refractivity contribution in [1.29, 1.82) is 0 Å². The molecule has 0 amide bonds. The molecule has 1 aromatic rings. The highest BCUT2D eigenvalue weighted by molar-refractivity contribution is 7.15. The van der Waals surface area contributed by atoms with Crippen LogP contribution in [-0.4, -0.2) is 45.3 Å². The number of hydrogen-bond donors (Lipinski definition) is 2. The van der Waals surface area contributed by atoms with Gasteiger partial charge in [-0.05, 0) is 26.8 Å². The summed E-state index contributed by atoms with van der Waals surface area (Å²) in [6.07, 6.45) is 0. The van der Waals surface area contributed by atoms with E-state index in [9.17, 15) is 29.9 Å². The summed E-state index contributed by atoms with van der Waals surface area (Å²) in [7, 11) is 0. The van der Waals surface area contributed by atoms with Crippen LogP contribution in [0.1, 0.15) is 31.6 Å². The number of thiophene rings is 1. The number of allylic oxidation sites excluding steroid dienone is 2. The topological polar surface area (TPSA) is 130 Å². The maximum absolute atomic E-state index is 11.9. The van der Waals surface area contributed by atoms with E-state index < -0.39 is 22.8 Å². The van der Waals surface area contributed by atoms with Crippen molar-refractivity contribution in [2.75, 3.05) is 13.3 Å². The standard InChI is InChI=1S/C16H18N2O7S/c1-4-25-7-17-8(2)12(15(19)20)14(13(9(17)3)16(21)22)10-5-6-11(26-10)18(23)24/h5-6,14H,4,7H2,1-3H3,(H,19,20)(H,21,22). The van der Waals surface area contributed by atoms with Gasteiger partial charge in [0.2, 0.25) is 0 Å². The van der Waals surface area contributed by atoms with Gasteiger partial charge in [-0.3, -0.25) is 10.1 Å². The van der Waals surface area contributed by atoms with Gasteiger partial charge in [0, 0.05) is 28.9 Å². The zero-order valence-electron chi connectivity index (χ0n) is 14.4. The molecule has 1 aliphatic heterocycles. The lowest BCUT2D eigenvalue weighted by atomic mass is 9.83. The van der Waals surface area contributed by atoms with Gasteiger partial charge in [0.05, 0.1) is 22.0 Å². The van der Waals surface area contributed by atoms with Crippen LogP contribution >= 0.6 is 11.3 Å². The van der Waals surface area contributed by atoms with Crippen molar-refractivity contribution < 1.29 is 29.5 Å². The Bertz CT molecular complexity index is 786. The highest BCUT2D eigenvalue weighted by Gasteiger charge is 2.40. The second-order valence-corrected chi connectivity index (χ2v) is 6.62. The number of nitro groups is 1. The largest absolute Gasteiger partial charge is 0.478 e. The third-order valence-electron chi connectivity index (χ3n) is 4.13. The molecule has 1 aliphatic rings. The number of carboxylic acids is 2. The molecular weight excluding hydrogens is 364 g/mol. The summed E-state index contributed by atoms with van der Waals surface area (Å²) >= 11 is 0.769. The molecule has 0 aromatic carbocycles. The second-order valence-electron chi connectivity index (χ2n) is 5.52.